The lowest BCUT2D eigenvalue weighted by Crippen LogP contribution is -2.42. The Labute approximate surface area is 64.6 Å². The van der Waals surface area contributed by atoms with E-state index in [0.717, 1.165) is 12.8 Å². The summed E-state index contributed by atoms with van der Waals surface area (Å²) in [6.07, 6.45) is 4.76. The summed E-state index contributed by atoms with van der Waals surface area (Å²) in [6.45, 7) is 0. The highest BCUT2D eigenvalue weighted by Crippen LogP contribution is 2.49. The molecule has 4 rings (SSSR count). The Hall–Kier alpha value is -0.120. The van der Waals surface area contributed by atoms with Gasteiger partial charge in [0.25, 0.3) is 0 Å². The van der Waals surface area contributed by atoms with Gasteiger partial charge >= 0.3 is 0 Å². The molecule has 4 heterocycles. The monoisotopic (exact) mass is 154 g/mol. The maximum absolute atomic E-state index is 5.78. The third-order valence-electron chi connectivity index (χ3n) is 3.26. The van der Waals surface area contributed by atoms with Crippen LogP contribution in [0.1, 0.15) is 12.8 Å². The molecule has 4 fully saturated rings. The predicted octanol–water partition coefficient (Wildman–Crippen LogP) is 0.0824. The molecule has 0 aromatic heterocycles. The lowest BCUT2D eigenvalue weighted by molar-refractivity contribution is -0.0603. The van der Waals surface area contributed by atoms with Gasteiger partial charge in [0.15, 0.2) is 0 Å². The molecule has 11 heavy (non-hydrogen) atoms. The van der Waals surface area contributed by atoms with E-state index in [1.807, 2.05) is 0 Å². The largest absolute Gasteiger partial charge is 0.369 e. The zero-order valence-corrected chi connectivity index (χ0v) is 6.10. The van der Waals surface area contributed by atoms with Gasteiger partial charge in [-0.2, -0.15) is 0 Å². The Morgan fingerprint density at radius 1 is 0.636 bits per heavy atom. The first-order valence-corrected chi connectivity index (χ1v) is 4.38. The highest BCUT2D eigenvalue weighted by atomic mass is 16.7. The predicted molar refractivity (Wildman–Crippen MR) is 35.2 cm³/mol. The van der Waals surface area contributed by atoms with Crippen LogP contribution in [-0.2, 0) is 14.2 Å². The number of rotatable bonds is 0. The van der Waals surface area contributed by atoms with Gasteiger partial charge in [-0.1, -0.05) is 0 Å². The summed E-state index contributed by atoms with van der Waals surface area (Å²) in [5.74, 6) is 0. The van der Waals surface area contributed by atoms with Crippen molar-refractivity contribution in [3.8, 4) is 0 Å². The summed E-state index contributed by atoms with van der Waals surface area (Å²) >= 11 is 0. The van der Waals surface area contributed by atoms with E-state index in [2.05, 4.69) is 0 Å². The van der Waals surface area contributed by atoms with Gasteiger partial charge in [0, 0.05) is 12.8 Å². The van der Waals surface area contributed by atoms with Gasteiger partial charge in [-0.15, -0.1) is 0 Å². The number of fused-ring (bicyclic) bond motifs is 6. The minimum Gasteiger partial charge on any atom is -0.369 e. The topological polar surface area (TPSA) is 34.3 Å². The molecular formula is C8H10O3. The molecular weight excluding hydrogens is 144 g/mol. The van der Waals surface area contributed by atoms with E-state index in [-0.39, 0.29) is 0 Å². The van der Waals surface area contributed by atoms with Crippen LogP contribution in [0.2, 0.25) is 0 Å². The molecule has 0 aliphatic carbocycles. The van der Waals surface area contributed by atoms with Crippen LogP contribution in [0, 0.1) is 0 Å². The standard InChI is InChI=1S/C8H10O3/c1-3-7-6(11-7)2-4(9-3)8-5(1)10-8/h3-8H,1-2H2/t3-,4-,5-,6+,7-,8+/m0/s1. The van der Waals surface area contributed by atoms with Crippen molar-refractivity contribution < 1.29 is 14.2 Å². The average Bonchev–Trinajstić information content (AvgIpc) is 2.73. The molecule has 4 saturated heterocycles. The maximum Gasteiger partial charge on any atom is 0.110 e. The Morgan fingerprint density at radius 3 is 1.64 bits per heavy atom. The molecule has 3 heteroatoms. The summed E-state index contributed by atoms with van der Waals surface area (Å²) in [5.41, 5.74) is 0. The fourth-order valence-electron chi connectivity index (χ4n) is 2.56. The zero-order chi connectivity index (χ0) is 7.00. The summed E-state index contributed by atoms with van der Waals surface area (Å²) in [6, 6.07) is 0. The molecule has 4 aliphatic rings. The van der Waals surface area contributed by atoms with E-state index < -0.39 is 0 Å². The lowest BCUT2D eigenvalue weighted by Gasteiger charge is -2.29. The maximum atomic E-state index is 5.78. The SMILES string of the molecule is C1[C@@H]2O[C@@H]2[C@@H]2C[C@H]3O[C@H]3[C@H]1O2. The van der Waals surface area contributed by atoms with Crippen LogP contribution in [-0.4, -0.2) is 36.6 Å². The Balaban J connectivity index is 1.70. The molecule has 60 valence electrons. The molecule has 0 aromatic rings. The first-order chi connectivity index (χ1) is 5.42. The number of hydrogen-bond donors (Lipinski definition) is 0. The van der Waals surface area contributed by atoms with Crippen LogP contribution in [0.15, 0.2) is 0 Å². The molecule has 3 nitrogen and oxygen atoms in total. The van der Waals surface area contributed by atoms with Crippen LogP contribution >= 0.6 is 0 Å². The molecule has 0 radical (unpaired) electrons. The first-order valence-electron chi connectivity index (χ1n) is 4.38. The van der Waals surface area contributed by atoms with Crippen molar-refractivity contribution in [3.05, 3.63) is 0 Å². The highest BCUT2D eigenvalue weighted by molar-refractivity contribution is 5.09. The van der Waals surface area contributed by atoms with Gasteiger partial charge in [0.2, 0.25) is 0 Å². The minimum atomic E-state index is 0.363. The van der Waals surface area contributed by atoms with Gasteiger partial charge in [-0.25, -0.2) is 0 Å². The molecule has 0 amide bonds. The Bertz CT molecular complexity index is 195. The van der Waals surface area contributed by atoms with E-state index in [9.17, 15) is 0 Å². The Kier molecular flexibility index (Phi) is 0.746. The highest BCUT2D eigenvalue weighted by Gasteiger charge is 2.62. The number of ether oxygens (including phenoxy) is 3. The van der Waals surface area contributed by atoms with Crippen LogP contribution < -0.4 is 0 Å². The second-order valence-electron chi connectivity index (χ2n) is 3.96. The van der Waals surface area contributed by atoms with Gasteiger partial charge in [0.1, 0.15) is 12.2 Å². The average molecular weight is 154 g/mol. The lowest BCUT2D eigenvalue weighted by atomic mass is 9.92. The summed E-state index contributed by atoms with van der Waals surface area (Å²) < 4.78 is 16.7. The van der Waals surface area contributed by atoms with Crippen molar-refractivity contribution in [2.45, 2.75) is 49.5 Å². The van der Waals surface area contributed by atoms with Crippen molar-refractivity contribution in [2.75, 3.05) is 0 Å². The van der Waals surface area contributed by atoms with Crippen LogP contribution in [0.25, 0.3) is 0 Å². The van der Waals surface area contributed by atoms with Crippen LogP contribution in [0.4, 0.5) is 0 Å². The molecule has 0 aromatic carbocycles. The van der Waals surface area contributed by atoms with Gasteiger partial charge in [-0.05, 0) is 0 Å². The molecule has 6 atom stereocenters. The number of hydrogen-bond acceptors (Lipinski definition) is 3. The molecule has 2 bridgehead atoms. The normalized spacial score (nSPS) is 69.8. The van der Waals surface area contributed by atoms with Gasteiger partial charge in [-0.3, -0.25) is 0 Å². The van der Waals surface area contributed by atoms with Gasteiger partial charge < -0.3 is 14.2 Å². The second kappa shape index (κ2) is 1.49. The zero-order valence-electron chi connectivity index (χ0n) is 6.10. The Morgan fingerprint density at radius 2 is 1.09 bits per heavy atom. The van der Waals surface area contributed by atoms with E-state index in [4.69, 9.17) is 14.2 Å². The third-order valence-corrected chi connectivity index (χ3v) is 3.26. The van der Waals surface area contributed by atoms with Crippen LogP contribution in [0.5, 0.6) is 0 Å². The molecule has 4 aliphatic heterocycles. The van der Waals surface area contributed by atoms with E-state index >= 15 is 0 Å². The second-order valence-corrected chi connectivity index (χ2v) is 3.96. The van der Waals surface area contributed by atoms with E-state index in [1.165, 1.54) is 0 Å². The summed E-state index contributed by atoms with van der Waals surface area (Å²) in [7, 11) is 0. The third kappa shape index (κ3) is 0.604. The smallest absolute Gasteiger partial charge is 0.110 e. The van der Waals surface area contributed by atoms with Crippen molar-refractivity contribution in [1.29, 1.82) is 0 Å². The van der Waals surface area contributed by atoms with Gasteiger partial charge in [0.05, 0.1) is 24.4 Å². The quantitative estimate of drug-likeness (QED) is 0.463. The first kappa shape index (κ1) is 5.51. The van der Waals surface area contributed by atoms with Crippen molar-refractivity contribution in [2.24, 2.45) is 0 Å². The van der Waals surface area contributed by atoms with Crippen molar-refractivity contribution in [1.82, 2.24) is 0 Å². The molecule has 0 spiro atoms. The molecule has 0 unspecified atom stereocenters. The summed E-state index contributed by atoms with van der Waals surface area (Å²) in [5, 5.41) is 0. The molecule has 0 saturated carbocycles. The fourth-order valence-corrected chi connectivity index (χ4v) is 2.56. The van der Waals surface area contributed by atoms with Crippen molar-refractivity contribution in [3.63, 3.8) is 0 Å². The minimum absolute atomic E-state index is 0.363. The van der Waals surface area contributed by atoms with Crippen molar-refractivity contribution >= 4 is 0 Å². The van der Waals surface area contributed by atoms with E-state index in [0.29, 0.717) is 36.6 Å². The van der Waals surface area contributed by atoms with E-state index in [1.54, 1.807) is 0 Å². The molecule has 0 N–H and O–H groups in total. The number of epoxide rings is 2. The summed E-state index contributed by atoms with van der Waals surface area (Å²) in [4.78, 5) is 0. The van der Waals surface area contributed by atoms with Crippen LogP contribution in [0.3, 0.4) is 0 Å². The fraction of sp³-hybridized carbons (Fsp3) is 1.00.